The molecule has 0 aliphatic carbocycles. The van der Waals surface area contributed by atoms with Crippen LogP contribution in [0.4, 0.5) is 0 Å². The first kappa shape index (κ1) is 11.8. The summed E-state index contributed by atoms with van der Waals surface area (Å²) in [6.07, 6.45) is 3.74. The molecule has 0 bridgehead atoms. The lowest BCUT2D eigenvalue weighted by Crippen LogP contribution is -2.39. The number of nitrogens with zero attached hydrogens (tertiary/aromatic N) is 1. The van der Waals surface area contributed by atoms with E-state index >= 15 is 0 Å². The summed E-state index contributed by atoms with van der Waals surface area (Å²) in [5, 5.41) is 0. The molecule has 2 heteroatoms. The van der Waals surface area contributed by atoms with Crippen LogP contribution in [0.1, 0.15) is 26.2 Å². The molecule has 1 heterocycles. The van der Waals surface area contributed by atoms with Gasteiger partial charge >= 0.3 is 0 Å². The van der Waals surface area contributed by atoms with Crippen molar-refractivity contribution in [3.63, 3.8) is 0 Å². The Morgan fingerprint density at radius 2 is 2.00 bits per heavy atom. The second-order valence-corrected chi connectivity index (χ2v) is 10.2. The fraction of sp³-hybridized carbons (Fsp3) is 0.833. The molecule has 1 nitrogen and oxygen atoms in total. The third-order valence-electron chi connectivity index (χ3n) is 3.07. The van der Waals surface area contributed by atoms with Gasteiger partial charge in [0, 0.05) is 0 Å². The van der Waals surface area contributed by atoms with Gasteiger partial charge in [0.05, 0.1) is 5.54 Å². The summed E-state index contributed by atoms with van der Waals surface area (Å²) in [6, 6.07) is 0. The number of hydrogen-bond donors (Lipinski definition) is 0. The van der Waals surface area contributed by atoms with E-state index in [4.69, 9.17) is 0 Å². The summed E-state index contributed by atoms with van der Waals surface area (Å²) < 4.78 is 0. The maximum absolute atomic E-state index is 3.57. The second kappa shape index (κ2) is 4.08. The van der Waals surface area contributed by atoms with E-state index in [1.807, 2.05) is 0 Å². The van der Waals surface area contributed by atoms with Gasteiger partial charge in [-0.1, -0.05) is 32.5 Å². The SMILES string of the molecule is CCC1(C#C[Si](C)(C)C)CCCN1C. The summed E-state index contributed by atoms with van der Waals surface area (Å²) in [6.45, 7) is 10.4. The quantitative estimate of drug-likeness (QED) is 0.474. The minimum atomic E-state index is -1.21. The molecule has 1 aliphatic rings. The molecule has 0 aromatic rings. The Kier molecular flexibility index (Phi) is 3.44. The molecule has 80 valence electrons. The van der Waals surface area contributed by atoms with Crippen molar-refractivity contribution in [1.82, 2.24) is 4.90 Å². The van der Waals surface area contributed by atoms with Crippen LogP contribution < -0.4 is 0 Å². The van der Waals surface area contributed by atoms with E-state index in [1.54, 1.807) is 0 Å². The lowest BCUT2D eigenvalue weighted by Gasteiger charge is -2.30. The van der Waals surface area contributed by atoms with Gasteiger partial charge in [0.1, 0.15) is 8.07 Å². The van der Waals surface area contributed by atoms with Crippen LogP contribution in [0.15, 0.2) is 0 Å². The Hall–Kier alpha value is -0.263. The normalized spacial score (nSPS) is 28.6. The van der Waals surface area contributed by atoms with E-state index in [9.17, 15) is 0 Å². The first-order valence-corrected chi connectivity index (χ1v) is 9.15. The van der Waals surface area contributed by atoms with Gasteiger partial charge in [-0.15, -0.1) is 5.54 Å². The van der Waals surface area contributed by atoms with Crippen molar-refractivity contribution in [3.8, 4) is 11.5 Å². The monoisotopic (exact) mass is 209 g/mol. The molecule has 1 fully saturated rings. The molecular formula is C12H23NSi. The average molecular weight is 209 g/mol. The van der Waals surface area contributed by atoms with Crippen molar-refractivity contribution in [2.24, 2.45) is 0 Å². The van der Waals surface area contributed by atoms with E-state index in [1.165, 1.54) is 25.8 Å². The Balaban J connectivity index is 2.85. The summed E-state index contributed by atoms with van der Waals surface area (Å²) in [7, 11) is 1.01. The number of hydrogen-bond acceptors (Lipinski definition) is 1. The lowest BCUT2D eigenvalue weighted by molar-refractivity contribution is 0.233. The highest BCUT2D eigenvalue weighted by molar-refractivity contribution is 6.83. The van der Waals surface area contributed by atoms with Gasteiger partial charge in [-0.05, 0) is 32.9 Å². The van der Waals surface area contributed by atoms with Crippen molar-refractivity contribution >= 4 is 8.07 Å². The largest absolute Gasteiger partial charge is 0.290 e. The first-order chi connectivity index (χ1) is 6.40. The zero-order chi connectivity index (χ0) is 10.8. The minimum Gasteiger partial charge on any atom is -0.290 e. The van der Waals surface area contributed by atoms with E-state index in [0.29, 0.717) is 0 Å². The maximum atomic E-state index is 3.57. The maximum Gasteiger partial charge on any atom is 0.129 e. The van der Waals surface area contributed by atoms with E-state index < -0.39 is 8.07 Å². The van der Waals surface area contributed by atoms with Crippen LogP contribution in [-0.4, -0.2) is 32.1 Å². The van der Waals surface area contributed by atoms with Gasteiger partial charge in [0.15, 0.2) is 0 Å². The molecule has 0 saturated carbocycles. The second-order valence-electron chi connectivity index (χ2n) is 5.41. The van der Waals surface area contributed by atoms with Crippen LogP contribution in [0.3, 0.4) is 0 Å². The van der Waals surface area contributed by atoms with Crippen molar-refractivity contribution in [2.45, 2.75) is 51.4 Å². The van der Waals surface area contributed by atoms with Gasteiger partial charge in [-0.2, -0.15) is 0 Å². The Labute approximate surface area is 89.9 Å². The van der Waals surface area contributed by atoms with E-state index in [-0.39, 0.29) is 5.54 Å². The molecule has 1 saturated heterocycles. The molecule has 0 spiro atoms. The van der Waals surface area contributed by atoms with Crippen molar-refractivity contribution in [1.29, 1.82) is 0 Å². The van der Waals surface area contributed by atoms with Crippen molar-refractivity contribution in [3.05, 3.63) is 0 Å². The topological polar surface area (TPSA) is 3.24 Å². The molecule has 14 heavy (non-hydrogen) atoms. The molecule has 0 radical (unpaired) electrons. The summed E-state index contributed by atoms with van der Waals surface area (Å²) in [5.41, 5.74) is 3.74. The summed E-state index contributed by atoms with van der Waals surface area (Å²) in [4.78, 5) is 2.44. The fourth-order valence-corrected chi connectivity index (χ4v) is 2.62. The standard InChI is InChI=1S/C12H23NSi/c1-6-12(8-7-10-13(12)2)9-11-14(3,4)5/h6-8,10H2,1-5H3. The Bertz CT molecular complexity index is 256. The highest BCUT2D eigenvalue weighted by Crippen LogP contribution is 2.30. The van der Waals surface area contributed by atoms with E-state index in [2.05, 4.69) is 50.0 Å². The summed E-state index contributed by atoms with van der Waals surface area (Å²) >= 11 is 0. The highest BCUT2D eigenvalue weighted by atomic mass is 28.3. The molecule has 0 aromatic carbocycles. The number of likely N-dealkylation sites (tertiary alicyclic amines) is 1. The molecule has 1 rings (SSSR count). The van der Waals surface area contributed by atoms with Gasteiger partial charge in [0.2, 0.25) is 0 Å². The van der Waals surface area contributed by atoms with Crippen LogP contribution >= 0.6 is 0 Å². The van der Waals surface area contributed by atoms with Gasteiger partial charge in [-0.25, -0.2) is 0 Å². The molecule has 0 N–H and O–H groups in total. The van der Waals surface area contributed by atoms with Crippen LogP contribution in [0, 0.1) is 11.5 Å². The van der Waals surface area contributed by atoms with Crippen LogP contribution in [0.25, 0.3) is 0 Å². The lowest BCUT2D eigenvalue weighted by atomic mass is 9.94. The molecular weight excluding hydrogens is 186 g/mol. The van der Waals surface area contributed by atoms with Crippen LogP contribution in [-0.2, 0) is 0 Å². The predicted octanol–water partition coefficient (Wildman–Crippen LogP) is 2.74. The zero-order valence-corrected chi connectivity index (χ0v) is 11.3. The molecule has 0 amide bonds. The summed E-state index contributed by atoms with van der Waals surface area (Å²) in [5.74, 6) is 3.57. The first-order valence-electron chi connectivity index (χ1n) is 5.65. The van der Waals surface area contributed by atoms with Crippen molar-refractivity contribution < 1.29 is 0 Å². The molecule has 1 atom stereocenters. The molecule has 1 unspecified atom stereocenters. The predicted molar refractivity (Wildman–Crippen MR) is 66.0 cm³/mol. The third-order valence-corrected chi connectivity index (χ3v) is 3.94. The zero-order valence-electron chi connectivity index (χ0n) is 10.3. The fourth-order valence-electron chi connectivity index (χ4n) is 2.01. The van der Waals surface area contributed by atoms with Crippen LogP contribution in [0.5, 0.6) is 0 Å². The van der Waals surface area contributed by atoms with E-state index in [0.717, 1.165) is 0 Å². The number of rotatable bonds is 1. The van der Waals surface area contributed by atoms with Gasteiger partial charge in [-0.3, -0.25) is 4.90 Å². The van der Waals surface area contributed by atoms with Gasteiger partial charge in [0.25, 0.3) is 0 Å². The van der Waals surface area contributed by atoms with Crippen molar-refractivity contribution in [2.75, 3.05) is 13.6 Å². The molecule has 1 aliphatic heterocycles. The third kappa shape index (κ3) is 2.62. The average Bonchev–Trinajstić information content (AvgIpc) is 2.43. The van der Waals surface area contributed by atoms with Crippen LogP contribution in [0.2, 0.25) is 19.6 Å². The highest BCUT2D eigenvalue weighted by Gasteiger charge is 2.35. The minimum absolute atomic E-state index is 0.209. The Morgan fingerprint density at radius 1 is 1.36 bits per heavy atom. The van der Waals surface area contributed by atoms with Gasteiger partial charge < -0.3 is 0 Å². The molecule has 0 aromatic heterocycles. The smallest absolute Gasteiger partial charge is 0.129 e. The Morgan fingerprint density at radius 3 is 2.36 bits per heavy atom.